The topological polar surface area (TPSA) is 93.2 Å². The molecule has 1 aromatic heterocycles. The van der Waals surface area contributed by atoms with E-state index in [1.165, 1.54) is 0 Å². The summed E-state index contributed by atoms with van der Waals surface area (Å²) >= 11 is 0. The van der Waals surface area contributed by atoms with Gasteiger partial charge in [0.1, 0.15) is 0 Å². The lowest BCUT2D eigenvalue weighted by Crippen LogP contribution is -2.44. The second-order valence-corrected chi connectivity index (χ2v) is 5.16. The summed E-state index contributed by atoms with van der Waals surface area (Å²) < 4.78 is 1.82. The van der Waals surface area contributed by atoms with Crippen molar-refractivity contribution >= 4 is 18.3 Å². The molecule has 1 aliphatic rings. The van der Waals surface area contributed by atoms with E-state index in [4.69, 9.17) is 5.73 Å². The molecule has 1 amide bonds. The molecule has 0 bridgehead atoms. The van der Waals surface area contributed by atoms with Crippen molar-refractivity contribution in [2.24, 2.45) is 11.7 Å². The largest absolute Gasteiger partial charge is 0.391 e. The number of hydrogen-bond donors (Lipinski definition) is 3. The molecular formula is C13H23ClN4O2. The highest BCUT2D eigenvalue weighted by Crippen LogP contribution is 2.23. The van der Waals surface area contributed by atoms with E-state index in [0.717, 1.165) is 18.5 Å². The Kier molecular flexibility index (Phi) is 6.45. The number of hydrogen-bond acceptors (Lipinski definition) is 4. The molecule has 1 fully saturated rings. The van der Waals surface area contributed by atoms with Crippen LogP contribution >= 0.6 is 12.4 Å². The van der Waals surface area contributed by atoms with Crippen LogP contribution in [0.3, 0.4) is 0 Å². The van der Waals surface area contributed by atoms with Crippen LogP contribution in [0.15, 0.2) is 12.4 Å². The monoisotopic (exact) mass is 302 g/mol. The first-order valence-corrected chi connectivity index (χ1v) is 6.82. The Morgan fingerprint density at radius 2 is 2.35 bits per heavy atom. The number of rotatable bonds is 4. The summed E-state index contributed by atoms with van der Waals surface area (Å²) in [6.07, 6.45) is 5.03. The summed E-state index contributed by atoms with van der Waals surface area (Å²) in [5.74, 6) is -0.133. The number of carbonyl (C=O) groups is 1. The van der Waals surface area contributed by atoms with Gasteiger partial charge in [0.15, 0.2) is 0 Å². The van der Waals surface area contributed by atoms with Gasteiger partial charge in [0.05, 0.1) is 12.3 Å². The third-order valence-corrected chi connectivity index (χ3v) is 3.72. The Morgan fingerprint density at radius 3 is 2.95 bits per heavy atom. The standard InChI is InChI=1S/C13H22N4O2.ClH/c1-2-17-8-9(7-16-17)6-15-13(19)10-3-4-11(14)12(18)5-10;/h7-8,10-12,18H,2-6,14H2,1H3,(H,15,19);1H/t10-,11+,12+;/m0./s1. The molecule has 20 heavy (non-hydrogen) atoms. The second-order valence-electron chi connectivity index (χ2n) is 5.16. The van der Waals surface area contributed by atoms with E-state index in [-0.39, 0.29) is 30.3 Å². The van der Waals surface area contributed by atoms with Crippen LogP contribution in [-0.2, 0) is 17.9 Å². The highest BCUT2D eigenvalue weighted by Gasteiger charge is 2.30. The molecule has 7 heteroatoms. The second kappa shape index (κ2) is 7.61. The van der Waals surface area contributed by atoms with E-state index in [9.17, 15) is 9.90 Å². The Hall–Kier alpha value is -1.11. The molecule has 114 valence electrons. The fourth-order valence-corrected chi connectivity index (χ4v) is 2.41. The number of aliphatic hydroxyl groups is 1. The predicted molar refractivity (Wildman–Crippen MR) is 78.3 cm³/mol. The highest BCUT2D eigenvalue weighted by atomic mass is 35.5. The maximum Gasteiger partial charge on any atom is 0.223 e. The molecule has 0 radical (unpaired) electrons. The van der Waals surface area contributed by atoms with Gasteiger partial charge in [0.2, 0.25) is 5.91 Å². The van der Waals surface area contributed by atoms with Crippen LogP contribution in [0.2, 0.25) is 0 Å². The van der Waals surface area contributed by atoms with Gasteiger partial charge in [-0.05, 0) is 26.2 Å². The van der Waals surface area contributed by atoms with Crippen LogP contribution in [0.4, 0.5) is 0 Å². The molecule has 1 saturated carbocycles. The number of aromatic nitrogens is 2. The summed E-state index contributed by atoms with van der Waals surface area (Å²) in [6, 6.07) is -0.188. The average Bonchev–Trinajstić information content (AvgIpc) is 2.87. The quantitative estimate of drug-likeness (QED) is 0.752. The normalized spacial score (nSPS) is 25.9. The number of aliphatic hydroxyl groups excluding tert-OH is 1. The van der Waals surface area contributed by atoms with Gasteiger partial charge in [0.25, 0.3) is 0 Å². The van der Waals surface area contributed by atoms with Crippen molar-refractivity contribution in [2.45, 2.75) is 51.4 Å². The van der Waals surface area contributed by atoms with E-state index in [2.05, 4.69) is 10.4 Å². The van der Waals surface area contributed by atoms with E-state index in [1.54, 1.807) is 6.20 Å². The summed E-state index contributed by atoms with van der Waals surface area (Å²) in [5.41, 5.74) is 6.72. The van der Waals surface area contributed by atoms with Gasteiger partial charge in [-0.15, -0.1) is 12.4 Å². The highest BCUT2D eigenvalue weighted by molar-refractivity contribution is 5.85. The van der Waals surface area contributed by atoms with E-state index >= 15 is 0 Å². The van der Waals surface area contributed by atoms with Crippen LogP contribution in [0.25, 0.3) is 0 Å². The minimum Gasteiger partial charge on any atom is -0.391 e. The van der Waals surface area contributed by atoms with Crippen molar-refractivity contribution in [3.8, 4) is 0 Å². The maximum absolute atomic E-state index is 12.0. The first-order valence-electron chi connectivity index (χ1n) is 6.82. The van der Waals surface area contributed by atoms with Crippen molar-refractivity contribution in [3.05, 3.63) is 18.0 Å². The first kappa shape index (κ1) is 16.9. The molecule has 1 aliphatic carbocycles. The summed E-state index contributed by atoms with van der Waals surface area (Å²) in [4.78, 5) is 12.0. The lowest BCUT2D eigenvalue weighted by Gasteiger charge is -2.29. The zero-order valence-corrected chi connectivity index (χ0v) is 12.5. The molecule has 3 atom stereocenters. The van der Waals surface area contributed by atoms with Crippen molar-refractivity contribution < 1.29 is 9.90 Å². The SMILES string of the molecule is CCn1cc(CNC(=O)[C@H]2CC[C@@H](N)[C@H](O)C2)cn1.Cl. The van der Waals surface area contributed by atoms with Crippen LogP contribution in [0, 0.1) is 5.92 Å². The Balaban J connectivity index is 0.00000200. The van der Waals surface area contributed by atoms with Gasteiger partial charge >= 0.3 is 0 Å². The van der Waals surface area contributed by atoms with Crippen LogP contribution < -0.4 is 11.1 Å². The lowest BCUT2D eigenvalue weighted by atomic mass is 9.84. The summed E-state index contributed by atoms with van der Waals surface area (Å²) in [5, 5.41) is 16.8. The number of aryl methyl sites for hydroxylation is 1. The number of halogens is 1. The zero-order valence-electron chi connectivity index (χ0n) is 11.7. The fraction of sp³-hybridized carbons (Fsp3) is 0.692. The van der Waals surface area contributed by atoms with Crippen LogP contribution in [0.5, 0.6) is 0 Å². The Labute approximate surface area is 125 Å². The van der Waals surface area contributed by atoms with Gasteiger partial charge in [-0.1, -0.05) is 0 Å². The zero-order chi connectivity index (χ0) is 13.8. The molecular weight excluding hydrogens is 280 g/mol. The molecule has 1 aromatic rings. The first-order chi connectivity index (χ1) is 9.10. The number of nitrogens with zero attached hydrogens (tertiary/aromatic N) is 2. The molecule has 0 saturated heterocycles. The van der Waals surface area contributed by atoms with E-state index in [0.29, 0.717) is 19.4 Å². The van der Waals surface area contributed by atoms with Gasteiger partial charge in [-0.3, -0.25) is 9.48 Å². The van der Waals surface area contributed by atoms with Crippen LogP contribution in [0.1, 0.15) is 31.7 Å². The van der Waals surface area contributed by atoms with Gasteiger partial charge in [0, 0.05) is 36.8 Å². The van der Waals surface area contributed by atoms with Crippen molar-refractivity contribution in [2.75, 3.05) is 0 Å². The summed E-state index contributed by atoms with van der Waals surface area (Å²) in [6.45, 7) is 3.32. The summed E-state index contributed by atoms with van der Waals surface area (Å²) in [7, 11) is 0. The van der Waals surface area contributed by atoms with Gasteiger partial charge in [-0.2, -0.15) is 5.10 Å². The molecule has 0 unspecified atom stereocenters. The van der Waals surface area contributed by atoms with Gasteiger partial charge < -0.3 is 16.2 Å². The van der Waals surface area contributed by atoms with Crippen LogP contribution in [-0.4, -0.2) is 32.9 Å². The van der Waals surface area contributed by atoms with Crippen molar-refractivity contribution in [1.29, 1.82) is 0 Å². The molecule has 0 spiro atoms. The molecule has 6 nitrogen and oxygen atoms in total. The van der Waals surface area contributed by atoms with E-state index < -0.39 is 6.10 Å². The van der Waals surface area contributed by atoms with Crippen molar-refractivity contribution in [3.63, 3.8) is 0 Å². The predicted octanol–water partition coefficient (Wildman–Crippen LogP) is 0.429. The minimum absolute atomic E-state index is 0. The number of nitrogens with two attached hydrogens (primary N) is 1. The third-order valence-electron chi connectivity index (χ3n) is 3.72. The third kappa shape index (κ3) is 4.19. The van der Waals surface area contributed by atoms with Gasteiger partial charge in [-0.25, -0.2) is 0 Å². The smallest absolute Gasteiger partial charge is 0.223 e. The minimum atomic E-state index is -0.563. The average molecular weight is 303 g/mol. The number of nitrogens with one attached hydrogen (secondary N) is 1. The molecule has 0 aliphatic heterocycles. The number of carbonyl (C=O) groups excluding carboxylic acids is 1. The van der Waals surface area contributed by atoms with E-state index in [1.807, 2.05) is 17.8 Å². The number of amides is 1. The molecule has 2 rings (SSSR count). The lowest BCUT2D eigenvalue weighted by molar-refractivity contribution is -0.127. The maximum atomic E-state index is 12.0. The van der Waals surface area contributed by atoms with Crippen molar-refractivity contribution in [1.82, 2.24) is 15.1 Å². The molecule has 1 heterocycles. The molecule has 4 N–H and O–H groups in total. The Morgan fingerprint density at radius 1 is 1.60 bits per heavy atom. The molecule has 0 aromatic carbocycles. The Bertz CT molecular complexity index is 438. The fourth-order valence-electron chi connectivity index (χ4n) is 2.41.